The molecule has 0 aromatic heterocycles. The molecule has 1 amide bonds. The quantitative estimate of drug-likeness (QED) is 0.756. The van der Waals surface area contributed by atoms with Gasteiger partial charge >= 0.3 is 0 Å². The van der Waals surface area contributed by atoms with Gasteiger partial charge in [-0.15, -0.1) is 0 Å². The summed E-state index contributed by atoms with van der Waals surface area (Å²) in [6, 6.07) is 8.14. The molecular weight excluding hydrogens is 302 g/mol. The van der Waals surface area contributed by atoms with Crippen LogP contribution in [0.25, 0.3) is 0 Å². The van der Waals surface area contributed by atoms with Gasteiger partial charge in [-0.25, -0.2) is 0 Å². The zero-order chi connectivity index (χ0) is 17.5. The normalized spacial score (nSPS) is 20.5. The zero-order valence-corrected chi connectivity index (χ0v) is 15.5. The molecule has 24 heavy (non-hydrogen) atoms. The summed E-state index contributed by atoms with van der Waals surface area (Å²) in [6.45, 7) is 7.60. The lowest BCUT2D eigenvalue weighted by atomic mass is 9.89. The van der Waals surface area contributed by atoms with E-state index >= 15 is 0 Å². The predicted octanol–water partition coefficient (Wildman–Crippen LogP) is 4.03. The molecule has 0 radical (unpaired) electrons. The number of piperidine rings is 1. The third-order valence-corrected chi connectivity index (χ3v) is 5.12. The van der Waals surface area contributed by atoms with Crippen molar-refractivity contribution in [3.8, 4) is 5.75 Å². The van der Waals surface area contributed by atoms with Crippen LogP contribution in [0.3, 0.4) is 0 Å². The Hall–Kier alpha value is -1.55. The number of ether oxygens (including phenoxy) is 2. The Bertz CT molecular complexity index is 531. The second-order valence-corrected chi connectivity index (χ2v) is 6.79. The molecule has 1 aliphatic rings. The molecule has 3 atom stereocenters. The Morgan fingerprint density at radius 2 is 2.12 bits per heavy atom. The number of hydrogen-bond acceptors (Lipinski definition) is 3. The molecule has 0 spiro atoms. The van der Waals surface area contributed by atoms with Crippen molar-refractivity contribution < 1.29 is 14.3 Å². The molecule has 134 valence electrons. The Labute approximate surface area is 146 Å². The first kappa shape index (κ1) is 18.8. The summed E-state index contributed by atoms with van der Waals surface area (Å²) in [4.78, 5) is 14.9. The SMILES string of the molecule is CCC(C)C1CCCCN1C(=O)C(C)OCc1cccc(OC)c1. The van der Waals surface area contributed by atoms with E-state index in [1.54, 1.807) is 7.11 Å². The van der Waals surface area contributed by atoms with Gasteiger partial charge in [-0.3, -0.25) is 4.79 Å². The van der Waals surface area contributed by atoms with Crippen molar-refractivity contribution in [2.24, 2.45) is 5.92 Å². The van der Waals surface area contributed by atoms with E-state index in [1.165, 1.54) is 6.42 Å². The number of nitrogens with zero attached hydrogens (tertiary/aromatic N) is 1. The van der Waals surface area contributed by atoms with E-state index in [-0.39, 0.29) is 5.91 Å². The van der Waals surface area contributed by atoms with Crippen molar-refractivity contribution in [2.45, 2.75) is 65.2 Å². The Morgan fingerprint density at radius 3 is 2.83 bits per heavy atom. The minimum atomic E-state index is -0.416. The number of amides is 1. The van der Waals surface area contributed by atoms with Crippen molar-refractivity contribution in [3.63, 3.8) is 0 Å². The number of hydrogen-bond donors (Lipinski definition) is 0. The van der Waals surface area contributed by atoms with Gasteiger partial charge in [0, 0.05) is 12.6 Å². The highest BCUT2D eigenvalue weighted by molar-refractivity contribution is 5.81. The van der Waals surface area contributed by atoms with E-state index in [0.29, 0.717) is 18.6 Å². The fourth-order valence-electron chi connectivity index (χ4n) is 3.38. The fourth-order valence-corrected chi connectivity index (χ4v) is 3.38. The molecule has 1 heterocycles. The number of likely N-dealkylation sites (tertiary alicyclic amines) is 1. The van der Waals surface area contributed by atoms with Crippen LogP contribution in [0.1, 0.15) is 52.0 Å². The Morgan fingerprint density at radius 1 is 1.33 bits per heavy atom. The highest BCUT2D eigenvalue weighted by Crippen LogP contribution is 2.26. The maximum absolute atomic E-state index is 12.8. The smallest absolute Gasteiger partial charge is 0.251 e. The molecule has 1 aromatic rings. The van der Waals surface area contributed by atoms with Crippen molar-refractivity contribution in [2.75, 3.05) is 13.7 Å². The Balaban J connectivity index is 1.94. The van der Waals surface area contributed by atoms with Gasteiger partial charge in [0.05, 0.1) is 13.7 Å². The zero-order valence-electron chi connectivity index (χ0n) is 15.5. The van der Waals surface area contributed by atoms with Gasteiger partial charge in [0.1, 0.15) is 11.9 Å². The summed E-state index contributed by atoms with van der Waals surface area (Å²) in [7, 11) is 1.65. The van der Waals surface area contributed by atoms with E-state index in [0.717, 1.165) is 37.1 Å². The van der Waals surface area contributed by atoms with Gasteiger partial charge in [0.2, 0.25) is 0 Å². The summed E-state index contributed by atoms with van der Waals surface area (Å²) in [5.41, 5.74) is 1.02. The predicted molar refractivity (Wildman–Crippen MR) is 96.1 cm³/mol. The van der Waals surface area contributed by atoms with Gasteiger partial charge < -0.3 is 14.4 Å². The molecule has 1 fully saturated rings. The molecule has 3 unspecified atom stereocenters. The largest absolute Gasteiger partial charge is 0.497 e. The lowest BCUT2D eigenvalue weighted by Gasteiger charge is -2.40. The maximum atomic E-state index is 12.8. The van der Waals surface area contributed by atoms with Crippen LogP contribution < -0.4 is 4.74 Å². The van der Waals surface area contributed by atoms with Crippen LogP contribution >= 0.6 is 0 Å². The van der Waals surface area contributed by atoms with Crippen LogP contribution in [0.15, 0.2) is 24.3 Å². The topological polar surface area (TPSA) is 38.8 Å². The standard InChI is InChI=1S/C20H31NO3/c1-5-15(2)19-11-6-7-12-21(19)20(22)16(3)24-14-17-9-8-10-18(13-17)23-4/h8-10,13,15-16,19H,5-7,11-12,14H2,1-4H3. The van der Waals surface area contributed by atoms with Crippen LogP contribution in [0.4, 0.5) is 0 Å². The number of rotatable bonds is 7. The summed E-state index contributed by atoms with van der Waals surface area (Å²) >= 11 is 0. The van der Waals surface area contributed by atoms with Gasteiger partial charge in [-0.1, -0.05) is 32.4 Å². The van der Waals surface area contributed by atoms with Crippen molar-refractivity contribution in [1.82, 2.24) is 4.90 Å². The minimum Gasteiger partial charge on any atom is -0.497 e. The van der Waals surface area contributed by atoms with Gasteiger partial charge in [0.15, 0.2) is 0 Å². The molecule has 0 aliphatic carbocycles. The molecule has 1 aromatic carbocycles. The number of methoxy groups -OCH3 is 1. The molecular formula is C20H31NO3. The van der Waals surface area contributed by atoms with Crippen LogP contribution in [0, 0.1) is 5.92 Å². The van der Waals surface area contributed by atoms with E-state index in [1.807, 2.05) is 31.2 Å². The first-order valence-electron chi connectivity index (χ1n) is 9.11. The van der Waals surface area contributed by atoms with Gasteiger partial charge in [0.25, 0.3) is 5.91 Å². The molecule has 2 rings (SSSR count). The van der Waals surface area contributed by atoms with Gasteiger partial charge in [-0.2, -0.15) is 0 Å². The molecule has 0 N–H and O–H groups in total. The van der Waals surface area contributed by atoms with E-state index in [9.17, 15) is 4.79 Å². The first-order chi connectivity index (χ1) is 11.6. The molecule has 4 heteroatoms. The Kier molecular flexibility index (Phi) is 7.10. The van der Waals surface area contributed by atoms with Gasteiger partial charge in [-0.05, 0) is 49.8 Å². The van der Waals surface area contributed by atoms with Crippen LogP contribution in [0.2, 0.25) is 0 Å². The highest BCUT2D eigenvalue weighted by Gasteiger charge is 2.32. The molecule has 1 saturated heterocycles. The van der Waals surface area contributed by atoms with Crippen LogP contribution in [-0.4, -0.2) is 36.6 Å². The van der Waals surface area contributed by atoms with Crippen molar-refractivity contribution in [3.05, 3.63) is 29.8 Å². The molecule has 1 aliphatic heterocycles. The van der Waals surface area contributed by atoms with E-state index in [4.69, 9.17) is 9.47 Å². The first-order valence-corrected chi connectivity index (χ1v) is 9.11. The maximum Gasteiger partial charge on any atom is 0.251 e. The number of benzene rings is 1. The third kappa shape index (κ3) is 4.73. The van der Waals surface area contributed by atoms with Crippen molar-refractivity contribution >= 4 is 5.91 Å². The van der Waals surface area contributed by atoms with Crippen molar-refractivity contribution in [1.29, 1.82) is 0 Å². The average molecular weight is 333 g/mol. The minimum absolute atomic E-state index is 0.128. The molecule has 0 saturated carbocycles. The second kappa shape index (κ2) is 9.07. The molecule has 0 bridgehead atoms. The van der Waals surface area contributed by atoms with E-state index in [2.05, 4.69) is 18.7 Å². The molecule has 4 nitrogen and oxygen atoms in total. The fraction of sp³-hybridized carbons (Fsp3) is 0.650. The highest BCUT2D eigenvalue weighted by atomic mass is 16.5. The monoisotopic (exact) mass is 333 g/mol. The number of carbonyl (C=O) groups is 1. The van der Waals surface area contributed by atoms with Crippen LogP contribution in [0.5, 0.6) is 5.75 Å². The van der Waals surface area contributed by atoms with Crippen LogP contribution in [-0.2, 0) is 16.1 Å². The lowest BCUT2D eigenvalue weighted by Crippen LogP contribution is -2.50. The summed E-state index contributed by atoms with van der Waals surface area (Å²) in [5.74, 6) is 1.48. The second-order valence-electron chi connectivity index (χ2n) is 6.79. The third-order valence-electron chi connectivity index (χ3n) is 5.12. The average Bonchev–Trinajstić information content (AvgIpc) is 2.64. The summed E-state index contributed by atoms with van der Waals surface area (Å²) in [5, 5.41) is 0. The number of carbonyl (C=O) groups excluding carboxylic acids is 1. The lowest BCUT2D eigenvalue weighted by molar-refractivity contribution is -0.148. The van der Waals surface area contributed by atoms with E-state index < -0.39 is 6.10 Å². The summed E-state index contributed by atoms with van der Waals surface area (Å²) in [6.07, 6.45) is 4.12. The summed E-state index contributed by atoms with van der Waals surface area (Å²) < 4.78 is 11.1.